The van der Waals surface area contributed by atoms with E-state index < -0.39 is 6.04 Å². The Balaban J connectivity index is 1.00. The molecule has 200 valence electrons. The van der Waals surface area contributed by atoms with Crippen LogP contribution < -0.4 is 15.5 Å². The monoisotopic (exact) mass is 509 g/mol. The molecule has 5 heterocycles. The summed E-state index contributed by atoms with van der Waals surface area (Å²) >= 11 is 0. The highest BCUT2D eigenvalue weighted by Crippen LogP contribution is 2.32. The fourth-order valence-corrected chi connectivity index (χ4v) is 6.83. The summed E-state index contributed by atoms with van der Waals surface area (Å²) in [5.41, 5.74) is 2.81. The lowest BCUT2D eigenvalue weighted by atomic mass is 9.97. The number of nitrogens with zero attached hydrogens (tertiary/aromatic N) is 3. The van der Waals surface area contributed by atoms with Crippen molar-refractivity contribution >= 4 is 23.4 Å². The van der Waals surface area contributed by atoms with Crippen LogP contribution >= 0.6 is 0 Å². The van der Waals surface area contributed by atoms with Gasteiger partial charge in [0.05, 0.1) is 12.2 Å². The van der Waals surface area contributed by atoms with Gasteiger partial charge in [-0.25, -0.2) is 0 Å². The average molecular weight is 510 g/mol. The van der Waals surface area contributed by atoms with Crippen molar-refractivity contribution in [3.8, 4) is 0 Å². The van der Waals surface area contributed by atoms with Gasteiger partial charge in [-0.1, -0.05) is 0 Å². The Kier molecular flexibility index (Phi) is 7.18. The van der Waals surface area contributed by atoms with Crippen LogP contribution in [0.3, 0.4) is 0 Å². The second-order valence-corrected chi connectivity index (χ2v) is 11.3. The van der Waals surface area contributed by atoms with Gasteiger partial charge in [0.25, 0.3) is 5.91 Å². The molecule has 1 aromatic carbocycles. The van der Waals surface area contributed by atoms with Crippen LogP contribution in [0.5, 0.6) is 0 Å². The Hall–Kier alpha value is -2.49. The molecule has 9 heteroatoms. The van der Waals surface area contributed by atoms with Crippen LogP contribution in [0.1, 0.15) is 67.3 Å². The lowest BCUT2D eigenvalue weighted by Gasteiger charge is -2.43. The SMILES string of the molecule is O=C1CCC(N2Cc3cc(N4CCC(N5CCC(OC6CCNCC6)CC5)CC4)ccc3C2=O)C(=O)N1. The number of amides is 3. The van der Waals surface area contributed by atoms with E-state index in [2.05, 4.69) is 32.6 Å². The van der Waals surface area contributed by atoms with Crippen LogP contribution in [0.4, 0.5) is 5.69 Å². The smallest absolute Gasteiger partial charge is 0.255 e. The third kappa shape index (κ3) is 5.26. The van der Waals surface area contributed by atoms with Crippen molar-refractivity contribution in [3.05, 3.63) is 29.3 Å². The topological polar surface area (TPSA) is 94.2 Å². The molecule has 6 rings (SSSR count). The molecule has 5 aliphatic rings. The number of hydrogen-bond acceptors (Lipinski definition) is 7. The molecule has 0 radical (unpaired) electrons. The van der Waals surface area contributed by atoms with E-state index >= 15 is 0 Å². The van der Waals surface area contributed by atoms with Gasteiger partial charge in [0.1, 0.15) is 6.04 Å². The van der Waals surface area contributed by atoms with Crippen LogP contribution in [0.2, 0.25) is 0 Å². The molecular weight excluding hydrogens is 470 g/mol. The molecule has 9 nitrogen and oxygen atoms in total. The second-order valence-electron chi connectivity index (χ2n) is 11.3. The van der Waals surface area contributed by atoms with Crippen molar-refractivity contribution in [2.75, 3.05) is 44.2 Å². The van der Waals surface area contributed by atoms with E-state index in [0.29, 0.717) is 36.8 Å². The minimum absolute atomic E-state index is 0.109. The number of likely N-dealkylation sites (tertiary alicyclic amines) is 1. The third-order valence-electron chi connectivity index (χ3n) is 9.00. The molecule has 4 saturated heterocycles. The minimum Gasteiger partial charge on any atom is -0.375 e. The lowest BCUT2D eigenvalue weighted by molar-refractivity contribution is -0.136. The van der Waals surface area contributed by atoms with Gasteiger partial charge in [-0.3, -0.25) is 19.7 Å². The first-order valence-electron chi connectivity index (χ1n) is 14.2. The highest BCUT2D eigenvalue weighted by atomic mass is 16.5. The molecule has 2 N–H and O–H groups in total. The maximum Gasteiger partial charge on any atom is 0.255 e. The Labute approximate surface area is 218 Å². The van der Waals surface area contributed by atoms with Crippen LogP contribution in [0, 0.1) is 0 Å². The van der Waals surface area contributed by atoms with Crippen molar-refractivity contribution in [1.82, 2.24) is 20.4 Å². The normalized spacial score (nSPS) is 27.0. The van der Waals surface area contributed by atoms with E-state index in [9.17, 15) is 14.4 Å². The van der Waals surface area contributed by atoms with E-state index in [1.165, 1.54) is 0 Å². The highest BCUT2D eigenvalue weighted by Gasteiger charge is 2.39. The highest BCUT2D eigenvalue weighted by molar-refractivity contribution is 6.05. The molecule has 0 bridgehead atoms. The first-order chi connectivity index (χ1) is 18.0. The van der Waals surface area contributed by atoms with Gasteiger partial charge in [0, 0.05) is 56.4 Å². The number of carbonyl (C=O) groups is 3. The number of hydrogen-bond donors (Lipinski definition) is 2. The largest absolute Gasteiger partial charge is 0.375 e. The molecular formula is C28H39N5O4. The number of imide groups is 1. The lowest BCUT2D eigenvalue weighted by Crippen LogP contribution is -2.52. The third-order valence-corrected chi connectivity index (χ3v) is 9.00. The summed E-state index contributed by atoms with van der Waals surface area (Å²) in [6.07, 6.45) is 8.42. The zero-order valence-corrected chi connectivity index (χ0v) is 21.6. The Morgan fingerprint density at radius 3 is 2.30 bits per heavy atom. The molecule has 0 aliphatic carbocycles. The standard InChI is InChI=1S/C28H39N5O4/c34-26-4-3-25(27(35)30-26)33-18-19-17-21(1-2-24(19)28(33)36)32-13-7-20(8-14-32)31-15-9-23(10-16-31)37-22-5-11-29-12-6-22/h1-2,17,20,22-23,25,29H,3-16,18H2,(H,30,34,35). The van der Waals surface area contributed by atoms with Crippen molar-refractivity contribution in [2.45, 2.75) is 82.2 Å². The first-order valence-corrected chi connectivity index (χ1v) is 14.2. The Morgan fingerprint density at radius 2 is 1.57 bits per heavy atom. The number of nitrogens with one attached hydrogen (secondary N) is 2. The Morgan fingerprint density at radius 1 is 0.838 bits per heavy atom. The number of fused-ring (bicyclic) bond motifs is 1. The summed E-state index contributed by atoms with van der Waals surface area (Å²) in [5.74, 6) is -0.727. The van der Waals surface area contributed by atoms with Crippen LogP contribution in [-0.4, -0.2) is 91.1 Å². The summed E-state index contributed by atoms with van der Waals surface area (Å²) < 4.78 is 6.40. The first kappa shape index (κ1) is 24.8. The quantitative estimate of drug-likeness (QED) is 0.583. The van der Waals surface area contributed by atoms with Gasteiger partial charge in [-0.15, -0.1) is 0 Å². The van der Waals surface area contributed by atoms with E-state index in [1.54, 1.807) is 4.90 Å². The molecule has 1 unspecified atom stereocenters. The van der Waals surface area contributed by atoms with Gasteiger partial charge in [0.15, 0.2) is 0 Å². The summed E-state index contributed by atoms with van der Waals surface area (Å²) in [4.78, 5) is 43.6. The molecule has 3 amide bonds. The molecule has 37 heavy (non-hydrogen) atoms. The van der Waals surface area contributed by atoms with E-state index in [1.807, 2.05) is 6.07 Å². The number of rotatable bonds is 5. The van der Waals surface area contributed by atoms with Crippen LogP contribution in [-0.2, 0) is 20.9 Å². The Bertz CT molecular complexity index is 1030. The van der Waals surface area contributed by atoms with Crippen molar-refractivity contribution in [1.29, 1.82) is 0 Å². The van der Waals surface area contributed by atoms with Gasteiger partial charge in [-0.05, 0) is 81.8 Å². The van der Waals surface area contributed by atoms with Crippen molar-refractivity contribution in [3.63, 3.8) is 0 Å². The molecule has 0 saturated carbocycles. The fourth-order valence-electron chi connectivity index (χ4n) is 6.83. The van der Waals surface area contributed by atoms with Gasteiger partial charge in [-0.2, -0.15) is 0 Å². The molecule has 1 atom stereocenters. The maximum absolute atomic E-state index is 13.0. The van der Waals surface area contributed by atoms with Gasteiger partial charge >= 0.3 is 0 Å². The summed E-state index contributed by atoms with van der Waals surface area (Å²) in [5, 5.41) is 5.79. The average Bonchev–Trinajstić information content (AvgIpc) is 3.25. The number of piperidine rings is 4. The molecule has 0 spiro atoms. The predicted molar refractivity (Wildman–Crippen MR) is 139 cm³/mol. The summed E-state index contributed by atoms with van der Waals surface area (Å²) in [7, 11) is 0. The number of carbonyl (C=O) groups excluding carboxylic acids is 3. The van der Waals surface area contributed by atoms with Gasteiger partial charge < -0.3 is 24.8 Å². The van der Waals surface area contributed by atoms with Crippen molar-refractivity contribution < 1.29 is 19.1 Å². The molecule has 5 aliphatic heterocycles. The van der Waals surface area contributed by atoms with Crippen LogP contribution in [0.25, 0.3) is 0 Å². The zero-order chi connectivity index (χ0) is 25.4. The second kappa shape index (κ2) is 10.7. The van der Waals surface area contributed by atoms with E-state index in [4.69, 9.17) is 4.74 Å². The number of benzene rings is 1. The summed E-state index contributed by atoms with van der Waals surface area (Å²) in [6, 6.07) is 6.16. The molecule has 1 aromatic rings. The fraction of sp³-hybridized carbons (Fsp3) is 0.679. The number of ether oxygens (including phenoxy) is 1. The number of anilines is 1. The zero-order valence-electron chi connectivity index (χ0n) is 21.6. The maximum atomic E-state index is 13.0. The molecule has 0 aromatic heterocycles. The summed E-state index contributed by atoms with van der Waals surface area (Å²) in [6.45, 7) is 6.90. The van der Waals surface area contributed by atoms with Crippen LogP contribution in [0.15, 0.2) is 18.2 Å². The van der Waals surface area contributed by atoms with E-state index in [0.717, 1.165) is 89.0 Å². The predicted octanol–water partition coefficient (Wildman–Crippen LogP) is 1.65. The minimum atomic E-state index is -0.564. The van der Waals surface area contributed by atoms with Crippen molar-refractivity contribution in [2.24, 2.45) is 0 Å². The molecule has 4 fully saturated rings. The van der Waals surface area contributed by atoms with Gasteiger partial charge in [0.2, 0.25) is 11.8 Å². The van der Waals surface area contributed by atoms with E-state index in [-0.39, 0.29) is 24.1 Å².